The van der Waals surface area contributed by atoms with E-state index in [1.165, 1.54) is 12.1 Å². The minimum Gasteiger partial charge on any atom is -0.373 e. The number of hydrogen-bond donors (Lipinski definition) is 2. The van der Waals surface area contributed by atoms with E-state index in [1.807, 2.05) is 6.92 Å². The largest absolute Gasteiger partial charge is 0.373 e. The Bertz CT molecular complexity index is 528. The highest BCUT2D eigenvalue weighted by Gasteiger charge is 2.23. The third-order valence-electron chi connectivity index (χ3n) is 3.21. The Morgan fingerprint density at radius 1 is 1.37 bits per heavy atom. The van der Waals surface area contributed by atoms with Crippen LogP contribution in [0.4, 0.5) is 5.69 Å². The minimum atomic E-state index is -3.64. The van der Waals surface area contributed by atoms with Gasteiger partial charge in [-0.05, 0) is 31.2 Å². The Kier molecular flexibility index (Phi) is 4.10. The van der Waals surface area contributed by atoms with Crippen molar-refractivity contribution in [1.29, 1.82) is 0 Å². The van der Waals surface area contributed by atoms with Crippen molar-refractivity contribution in [3.63, 3.8) is 0 Å². The molecular formula is C12H19N3O3S. The molecule has 1 aliphatic heterocycles. The summed E-state index contributed by atoms with van der Waals surface area (Å²) >= 11 is 0. The normalized spacial score (nSPS) is 22.3. The van der Waals surface area contributed by atoms with E-state index >= 15 is 0 Å². The topological polar surface area (TPSA) is 98.6 Å². The zero-order chi connectivity index (χ0) is 14.0. The van der Waals surface area contributed by atoms with E-state index in [2.05, 4.69) is 4.90 Å². The van der Waals surface area contributed by atoms with Crippen LogP contribution in [0.5, 0.6) is 0 Å². The number of primary sulfonamides is 1. The predicted octanol–water partition coefficient (Wildman–Crippen LogP) is -0.114. The van der Waals surface area contributed by atoms with E-state index in [9.17, 15) is 8.42 Å². The molecule has 106 valence electrons. The van der Waals surface area contributed by atoms with Crippen LogP contribution in [0.2, 0.25) is 0 Å². The average molecular weight is 285 g/mol. The van der Waals surface area contributed by atoms with Gasteiger partial charge < -0.3 is 15.4 Å². The standard InChI is InChI=1S/C12H19N3O3S/c1-9(13)12-8-15(6-7-18-12)10-2-4-11(5-3-10)19(14,16)17/h2-5,9,12H,6-8,13H2,1H3,(H2,14,16,17). The van der Waals surface area contributed by atoms with Crippen LogP contribution >= 0.6 is 0 Å². The van der Waals surface area contributed by atoms with Crippen LogP contribution in [0.25, 0.3) is 0 Å². The lowest BCUT2D eigenvalue weighted by atomic mass is 10.1. The minimum absolute atomic E-state index is 0.00772. The average Bonchev–Trinajstić information content (AvgIpc) is 2.38. The van der Waals surface area contributed by atoms with Crippen molar-refractivity contribution >= 4 is 15.7 Å². The fourth-order valence-corrected chi connectivity index (χ4v) is 2.59. The van der Waals surface area contributed by atoms with Gasteiger partial charge in [0.2, 0.25) is 10.0 Å². The SMILES string of the molecule is CC(N)C1CN(c2ccc(S(N)(=O)=O)cc2)CCO1. The molecule has 0 bridgehead atoms. The predicted molar refractivity (Wildman–Crippen MR) is 73.4 cm³/mol. The van der Waals surface area contributed by atoms with Crippen LogP contribution in [0.3, 0.4) is 0 Å². The van der Waals surface area contributed by atoms with Crippen LogP contribution in [-0.2, 0) is 14.8 Å². The van der Waals surface area contributed by atoms with Crippen molar-refractivity contribution in [3.8, 4) is 0 Å². The van der Waals surface area contributed by atoms with Crippen molar-refractivity contribution in [1.82, 2.24) is 0 Å². The molecule has 0 aromatic heterocycles. The molecular weight excluding hydrogens is 266 g/mol. The molecule has 19 heavy (non-hydrogen) atoms. The Balaban J connectivity index is 2.14. The first kappa shape index (κ1) is 14.3. The van der Waals surface area contributed by atoms with Gasteiger partial charge in [-0.1, -0.05) is 0 Å². The van der Waals surface area contributed by atoms with Gasteiger partial charge in [0.15, 0.2) is 0 Å². The van der Waals surface area contributed by atoms with Crippen molar-refractivity contribution < 1.29 is 13.2 Å². The van der Waals surface area contributed by atoms with Gasteiger partial charge in [-0.2, -0.15) is 0 Å². The van der Waals surface area contributed by atoms with Gasteiger partial charge in [-0.15, -0.1) is 0 Å². The number of nitrogens with zero attached hydrogens (tertiary/aromatic N) is 1. The highest BCUT2D eigenvalue weighted by molar-refractivity contribution is 7.89. The molecule has 7 heteroatoms. The lowest BCUT2D eigenvalue weighted by molar-refractivity contribution is 0.0276. The van der Waals surface area contributed by atoms with Crippen molar-refractivity contribution in [2.75, 3.05) is 24.6 Å². The zero-order valence-electron chi connectivity index (χ0n) is 10.8. The summed E-state index contributed by atoms with van der Waals surface area (Å²) in [6.45, 7) is 3.99. The van der Waals surface area contributed by atoms with Gasteiger partial charge >= 0.3 is 0 Å². The summed E-state index contributed by atoms with van der Waals surface area (Å²) in [6, 6.07) is 6.50. The summed E-state index contributed by atoms with van der Waals surface area (Å²) in [7, 11) is -3.64. The van der Waals surface area contributed by atoms with Gasteiger partial charge in [0, 0.05) is 24.8 Å². The highest BCUT2D eigenvalue weighted by Crippen LogP contribution is 2.20. The lowest BCUT2D eigenvalue weighted by Gasteiger charge is -2.36. The molecule has 0 radical (unpaired) electrons. The number of rotatable bonds is 3. The third-order valence-corrected chi connectivity index (χ3v) is 4.14. The molecule has 1 aromatic carbocycles. The molecule has 2 unspecified atom stereocenters. The molecule has 0 saturated carbocycles. The second-order valence-corrected chi connectivity index (χ2v) is 6.31. The number of morpholine rings is 1. The first-order valence-corrected chi connectivity index (χ1v) is 7.67. The molecule has 1 aliphatic rings. The maximum Gasteiger partial charge on any atom is 0.238 e. The Labute approximate surface area is 113 Å². The summed E-state index contributed by atoms with van der Waals surface area (Å²) in [5.41, 5.74) is 6.79. The third kappa shape index (κ3) is 3.44. The Hall–Kier alpha value is -1.15. The summed E-state index contributed by atoms with van der Waals surface area (Å²) < 4.78 is 28.0. The van der Waals surface area contributed by atoms with Crippen LogP contribution < -0.4 is 15.8 Å². The fraction of sp³-hybridized carbons (Fsp3) is 0.500. The molecule has 4 N–H and O–H groups in total. The molecule has 1 heterocycles. The molecule has 2 atom stereocenters. The number of nitrogens with two attached hydrogens (primary N) is 2. The summed E-state index contributed by atoms with van der Waals surface area (Å²) in [4.78, 5) is 2.25. The Morgan fingerprint density at radius 3 is 2.53 bits per heavy atom. The van der Waals surface area contributed by atoms with Gasteiger partial charge in [0.25, 0.3) is 0 Å². The zero-order valence-corrected chi connectivity index (χ0v) is 11.6. The highest BCUT2D eigenvalue weighted by atomic mass is 32.2. The van der Waals surface area contributed by atoms with E-state index in [0.717, 1.165) is 12.2 Å². The van der Waals surface area contributed by atoms with Crippen LogP contribution in [-0.4, -0.2) is 40.3 Å². The van der Waals surface area contributed by atoms with Crippen LogP contribution in [0.15, 0.2) is 29.2 Å². The molecule has 1 fully saturated rings. The monoisotopic (exact) mass is 285 g/mol. The van der Waals surface area contributed by atoms with Gasteiger partial charge in [0.05, 0.1) is 17.6 Å². The molecule has 0 aliphatic carbocycles. The fourth-order valence-electron chi connectivity index (χ4n) is 2.07. The number of hydrogen-bond acceptors (Lipinski definition) is 5. The van der Waals surface area contributed by atoms with Crippen LogP contribution in [0, 0.1) is 0 Å². The number of ether oxygens (including phenoxy) is 1. The molecule has 2 rings (SSSR count). The first-order valence-electron chi connectivity index (χ1n) is 6.13. The first-order chi connectivity index (χ1) is 8.88. The molecule has 0 amide bonds. The van der Waals surface area contributed by atoms with E-state index in [-0.39, 0.29) is 17.0 Å². The van der Waals surface area contributed by atoms with Crippen LogP contribution in [0.1, 0.15) is 6.92 Å². The molecule has 1 saturated heterocycles. The maximum atomic E-state index is 11.2. The molecule has 0 spiro atoms. The van der Waals surface area contributed by atoms with Crippen molar-refractivity contribution in [2.45, 2.75) is 24.0 Å². The quantitative estimate of drug-likeness (QED) is 0.807. The number of benzene rings is 1. The van der Waals surface area contributed by atoms with E-state index in [4.69, 9.17) is 15.6 Å². The summed E-state index contributed by atoms with van der Waals surface area (Å²) in [5, 5.41) is 5.07. The van der Waals surface area contributed by atoms with Gasteiger partial charge in [-0.3, -0.25) is 0 Å². The van der Waals surface area contributed by atoms with Crippen molar-refractivity contribution in [3.05, 3.63) is 24.3 Å². The number of anilines is 1. The summed E-state index contributed by atoms with van der Waals surface area (Å²) in [6.07, 6.45) is -0.00772. The molecule has 1 aromatic rings. The lowest BCUT2D eigenvalue weighted by Crippen LogP contribution is -2.49. The smallest absolute Gasteiger partial charge is 0.238 e. The van der Waals surface area contributed by atoms with Gasteiger partial charge in [0.1, 0.15) is 0 Å². The van der Waals surface area contributed by atoms with Gasteiger partial charge in [-0.25, -0.2) is 13.6 Å². The Morgan fingerprint density at radius 2 is 2.00 bits per heavy atom. The second-order valence-electron chi connectivity index (χ2n) is 4.75. The maximum absolute atomic E-state index is 11.2. The van der Waals surface area contributed by atoms with E-state index < -0.39 is 10.0 Å². The second kappa shape index (κ2) is 5.46. The molecule has 6 nitrogen and oxygen atoms in total. The van der Waals surface area contributed by atoms with E-state index in [1.54, 1.807) is 12.1 Å². The van der Waals surface area contributed by atoms with E-state index in [0.29, 0.717) is 13.2 Å². The van der Waals surface area contributed by atoms with Crippen molar-refractivity contribution in [2.24, 2.45) is 10.9 Å². The summed E-state index contributed by atoms with van der Waals surface area (Å²) in [5.74, 6) is 0. The number of sulfonamides is 1.